The molecule has 0 atom stereocenters. The zero-order chi connectivity index (χ0) is 18.0. The van der Waals surface area contributed by atoms with E-state index in [9.17, 15) is 10.1 Å². The Kier molecular flexibility index (Phi) is 4.98. The second-order valence-electron chi connectivity index (χ2n) is 5.67. The summed E-state index contributed by atoms with van der Waals surface area (Å²) in [7, 11) is 0. The summed E-state index contributed by atoms with van der Waals surface area (Å²) < 4.78 is 3.17. The van der Waals surface area contributed by atoms with Crippen LogP contribution in [0, 0.1) is 27.5 Å². The summed E-state index contributed by atoms with van der Waals surface area (Å²) in [6, 6.07) is 16.6. The summed E-state index contributed by atoms with van der Waals surface area (Å²) in [5.74, 6) is 0. The maximum atomic E-state index is 11.0. The van der Waals surface area contributed by atoms with Gasteiger partial charge in [-0.2, -0.15) is 0 Å². The van der Waals surface area contributed by atoms with E-state index in [0.29, 0.717) is 0 Å². The van der Waals surface area contributed by atoms with Crippen molar-refractivity contribution in [3.05, 3.63) is 85.2 Å². The molecule has 3 aromatic rings. The molecule has 0 spiro atoms. The second-order valence-corrected chi connectivity index (χ2v) is 6.92. The van der Waals surface area contributed by atoms with E-state index in [1.807, 2.05) is 61.0 Å². The summed E-state index contributed by atoms with van der Waals surface area (Å²) in [5, 5.41) is 11.0. The fourth-order valence-corrected chi connectivity index (χ4v) is 3.09. The predicted molar refractivity (Wildman–Crippen MR) is 108 cm³/mol. The van der Waals surface area contributed by atoms with Gasteiger partial charge in [0.25, 0.3) is 5.69 Å². The van der Waals surface area contributed by atoms with Crippen molar-refractivity contribution in [3.8, 4) is 5.69 Å². The smallest absolute Gasteiger partial charge is 0.271 e. The van der Waals surface area contributed by atoms with E-state index in [4.69, 9.17) is 0 Å². The lowest BCUT2D eigenvalue weighted by molar-refractivity contribution is -0.384. The summed E-state index contributed by atoms with van der Waals surface area (Å²) in [6.07, 6.45) is 1.83. The first kappa shape index (κ1) is 17.3. The molecule has 2 aromatic carbocycles. The Labute approximate surface area is 159 Å². The van der Waals surface area contributed by atoms with Gasteiger partial charge in [0, 0.05) is 38.9 Å². The number of rotatable bonds is 4. The third-order valence-electron chi connectivity index (χ3n) is 3.95. The lowest BCUT2D eigenvalue weighted by Gasteiger charge is -2.09. The zero-order valence-electron chi connectivity index (χ0n) is 13.8. The maximum absolute atomic E-state index is 11.0. The van der Waals surface area contributed by atoms with E-state index in [2.05, 4.69) is 27.6 Å². The number of hydrogen-bond donors (Lipinski definition) is 0. The molecule has 0 fully saturated rings. The standard InChI is InChI=1S/C19H16IN3O2/c1-13-10-15(12-21-17-8-6-16(20)7-9-17)14(2)22(13)18-4-3-5-19(11-18)23(24)25/h3-12H,1-2H3. The minimum Gasteiger partial charge on any atom is -0.318 e. The van der Waals surface area contributed by atoms with Crippen LogP contribution in [0.25, 0.3) is 5.69 Å². The minimum atomic E-state index is -0.378. The average Bonchev–Trinajstić information content (AvgIpc) is 2.88. The van der Waals surface area contributed by atoms with Gasteiger partial charge >= 0.3 is 0 Å². The van der Waals surface area contributed by atoms with Gasteiger partial charge in [0.2, 0.25) is 0 Å². The largest absolute Gasteiger partial charge is 0.318 e. The molecule has 0 aliphatic rings. The van der Waals surface area contributed by atoms with Crippen LogP contribution in [0.15, 0.2) is 59.6 Å². The highest BCUT2D eigenvalue weighted by molar-refractivity contribution is 14.1. The van der Waals surface area contributed by atoms with Gasteiger partial charge in [-0.3, -0.25) is 15.1 Å². The van der Waals surface area contributed by atoms with Crippen molar-refractivity contribution in [1.82, 2.24) is 4.57 Å². The number of non-ortho nitro benzene ring substituents is 1. The highest BCUT2D eigenvalue weighted by Crippen LogP contribution is 2.23. The molecule has 0 aliphatic carbocycles. The molecule has 0 aliphatic heterocycles. The van der Waals surface area contributed by atoms with Gasteiger partial charge in [-0.1, -0.05) is 6.07 Å². The van der Waals surface area contributed by atoms with E-state index >= 15 is 0 Å². The Hall–Kier alpha value is -2.48. The molecule has 0 unspecified atom stereocenters. The van der Waals surface area contributed by atoms with Gasteiger partial charge in [-0.25, -0.2) is 0 Å². The first-order valence-corrected chi connectivity index (χ1v) is 8.77. The third-order valence-corrected chi connectivity index (χ3v) is 4.67. The first-order valence-electron chi connectivity index (χ1n) is 7.69. The normalized spacial score (nSPS) is 11.2. The first-order chi connectivity index (χ1) is 12.0. The molecule has 1 heterocycles. The van der Waals surface area contributed by atoms with Crippen LogP contribution in [0.2, 0.25) is 0 Å². The Balaban J connectivity index is 1.97. The molecule has 0 N–H and O–H groups in total. The Morgan fingerprint density at radius 1 is 1.12 bits per heavy atom. The molecule has 6 heteroatoms. The topological polar surface area (TPSA) is 60.4 Å². The zero-order valence-corrected chi connectivity index (χ0v) is 16.0. The van der Waals surface area contributed by atoms with Crippen LogP contribution >= 0.6 is 22.6 Å². The summed E-state index contributed by atoms with van der Waals surface area (Å²) in [5.41, 5.74) is 4.73. The fourth-order valence-electron chi connectivity index (χ4n) is 2.73. The van der Waals surface area contributed by atoms with Crippen molar-refractivity contribution in [2.45, 2.75) is 13.8 Å². The van der Waals surface area contributed by atoms with Crippen molar-refractivity contribution in [2.24, 2.45) is 4.99 Å². The maximum Gasteiger partial charge on any atom is 0.271 e. The highest BCUT2D eigenvalue weighted by Gasteiger charge is 2.12. The predicted octanol–water partition coefficient (Wildman–Crippen LogP) is 5.36. The summed E-state index contributed by atoms with van der Waals surface area (Å²) in [6.45, 7) is 3.97. The van der Waals surface area contributed by atoms with Crippen molar-refractivity contribution < 1.29 is 4.92 Å². The summed E-state index contributed by atoms with van der Waals surface area (Å²) in [4.78, 5) is 15.2. The van der Waals surface area contributed by atoms with Gasteiger partial charge in [0.1, 0.15) is 0 Å². The van der Waals surface area contributed by atoms with E-state index in [1.54, 1.807) is 12.1 Å². The van der Waals surface area contributed by atoms with Gasteiger partial charge < -0.3 is 4.57 Å². The van der Waals surface area contributed by atoms with Gasteiger partial charge in [0.15, 0.2) is 0 Å². The quantitative estimate of drug-likeness (QED) is 0.235. The fraction of sp³-hybridized carbons (Fsp3) is 0.105. The molecule has 126 valence electrons. The van der Waals surface area contributed by atoms with Crippen LogP contribution in [0.1, 0.15) is 17.0 Å². The minimum absolute atomic E-state index is 0.0825. The van der Waals surface area contributed by atoms with Crippen molar-refractivity contribution in [2.75, 3.05) is 0 Å². The number of nitrogens with zero attached hydrogens (tertiary/aromatic N) is 3. The number of aliphatic imine (C=N–C) groups is 1. The van der Waals surface area contributed by atoms with Gasteiger partial charge in [0.05, 0.1) is 16.3 Å². The molecule has 3 rings (SSSR count). The van der Waals surface area contributed by atoms with Gasteiger partial charge in [-0.05, 0) is 72.8 Å². The average molecular weight is 445 g/mol. The van der Waals surface area contributed by atoms with Crippen LogP contribution < -0.4 is 0 Å². The van der Waals surface area contributed by atoms with Crippen LogP contribution in [0.3, 0.4) is 0 Å². The number of aryl methyl sites for hydroxylation is 1. The lowest BCUT2D eigenvalue weighted by Crippen LogP contribution is -2.00. The molecule has 0 radical (unpaired) electrons. The molecule has 1 aromatic heterocycles. The monoisotopic (exact) mass is 445 g/mol. The molecule has 0 bridgehead atoms. The number of aromatic nitrogens is 1. The van der Waals surface area contributed by atoms with Crippen molar-refractivity contribution in [3.63, 3.8) is 0 Å². The Bertz CT molecular complexity index is 959. The molecule has 25 heavy (non-hydrogen) atoms. The van der Waals surface area contributed by atoms with E-state index in [0.717, 1.165) is 28.3 Å². The Morgan fingerprint density at radius 3 is 2.52 bits per heavy atom. The molecule has 5 nitrogen and oxygen atoms in total. The third kappa shape index (κ3) is 3.79. The molecule has 0 amide bonds. The van der Waals surface area contributed by atoms with Crippen molar-refractivity contribution in [1.29, 1.82) is 0 Å². The SMILES string of the molecule is Cc1cc(C=Nc2ccc(I)cc2)c(C)n1-c1cccc([N+](=O)[O-])c1. The number of nitro benzene ring substituents is 1. The van der Waals surface area contributed by atoms with Crippen LogP contribution in [-0.4, -0.2) is 15.7 Å². The lowest BCUT2D eigenvalue weighted by atomic mass is 10.2. The molecule has 0 saturated carbocycles. The van der Waals surface area contributed by atoms with Crippen LogP contribution in [-0.2, 0) is 0 Å². The molecular formula is C19H16IN3O2. The Morgan fingerprint density at radius 2 is 1.84 bits per heavy atom. The van der Waals surface area contributed by atoms with E-state index in [1.165, 1.54) is 9.64 Å². The highest BCUT2D eigenvalue weighted by atomic mass is 127. The number of hydrogen-bond acceptors (Lipinski definition) is 3. The number of nitro groups is 1. The van der Waals surface area contributed by atoms with Gasteiger partial charge in [-0.15, -0.1) is 0 Å². The second kappa shape index (κ2) is 7.18. The van der Waals surface area contributed by atoms with Crippen LogP contribution in [0.4, 0.5) is 11.4 Å². The number of halogens is 1. The number of benzene rings is 2. The summed E-state index contributed by atoms with van der Waals surface area (Å²) >= 11 is 2.26. The molecule has 0 saturated heterocycles. The van der Waals surface area contributed by atoms with E-state index < -0.39 is 0 Å². The molecular weight excluding hydrogens is 429 g/mol. The van der Waals surface area contributed by atoms with E-state index in [-0.39, 0.29) is 10.6 Å². The van der Waals surface area contributed by atoms with Crippen LogP contribution in [0.5, 0.6) is 0 Å². The van der Waals surface area contributed by atoms with Crippen molar-refractivity contribution >= 4 is 40.2 Å².